The van der Waals surface area contributed by atoms with Crippen molar-refractivity contribution in [3.63, 3.8) is 0 Å². The highest BCUT2D eigenvalue weighted by molar-refractivity contribution is 5.92. The summed E-state index contributed by atoms with van der Waals surface area (Å²) in [6.45, 7) is 1.99. The van der Waals surface area contributed by atoms with Crippen molar-refractivity contribution in [1.82, 2.24) is 4.90 Å². The minimum absolute atomic E-state index is 0.0872. The second-order valence-corrected chi connectivity index (χ2v) is 7.15. The fourth-order valence-corrected chi connectivity index (χ4v) is 3.79. The molecule has 8 heteroatoms. The molecule has 4 rings (SSSR count). The molecule has 0 radical (unpaired) electrons. The number of ether oxygens (including phenoxy) is 2. The molecule has 0 aliphatic carbocycles. The Balaban J connectivity index is 1.40. The fourth-order valence-electron chi connectivity index (χ4n) is 3.79. The Morgan fingerprint density at radius 2 is 1.79 bits per heavy atom. The van der Waals surface area contributed by atoms with Gasteiger partial charge >= 0.3 is 6.18 Å². The van der Waals surface area contributed by atoms with Crippen molar-refractivity contribution in [3.05, 3.63) is 53.6 Å². The van der Waals surface area contributed by atoms with Gasteiger partial charge in [0.05, 0.1) is 12.1 Å². The number of likely N-dealkylation sites (tertiary alicyclic amines) is 1. The molecule has 1 saturated heterocycles. The summed E-state index contributed by atoms with van der Waals surface area (Å²) in [5, 5.41) is 2.68. The lowest BCUT2D eigenvalue weighted by molar-refractivity contribution is -0.137. The molecule has 2 heterocycles. The van der Waals surface area contributed by atoms with Crippen molar-refractivity contribution >= 4 is 11.6 Å². The summed E-state index contributed by atoms with van der Waals surface area (Å²) in [6.07, 6.45) is -2.51. The maximum atomic E-state index is 12.7. The summed E-state index contributed by atoms with van der Waals surface area (Å²) in [5.74, 6) is 1.19. The molecule has 2 aliphatic rings. The van der Waals surface area contributed by atoms with E-state index in [-0.39, 0.29) is 18.5 Å². The minimum Gasteiger partial charge on any atom is -0.486 e. The molecule has 1 fully saturated rings. The van der Waals surface area contributed by atoms with Crippen molar-refractivity contribution in [2.24, 2.45) is 0 Å². The zero-order chi connectivity index (χ0) is 20.4. The normalized spacial score (nSPS) is 19.2. The lowest BCUT2D eigenvalue weighted by Gasteiger charge is -2.26. The minimum atomic E-state index is -4.39. The van der Waals surface area contributed by atoms with Gasteiger partial charge in [0.15, 0.2) is 11.5 Å². The number of halogens is 3. The number of amides is 1. The van der Waals surface area contributed by atoms with Gasteiger partial charge in [0.2, 0.25) is 5.91 Å². The lowest BCUT2D eigenvalue weighted by atomic mass is 10.0. The number of fused-ring (bicyclic) bond motifs is 1. The topological polar surface area (TPSA) is 50.8 Å². The van der Waals surface area contributed by atoms with E-state index in [4.69, 9.17) is 9.47 Å². The number of nitrogens with one attached hydrogen (secondary N) is 1. The number of hydrogen-bond donors (Lipinski definition) is 1. The van der Waals surface area contributed by atoms with Crippen molar-refractivity contribution in [2.75, 3.05) is 31.6 Å². The van der Waals surface area contributed by atoms with Crippen LogP contribution in [0.2, 0.25) is 0 Å². The fraction of sp³-hybridized carbons (Fsp3) is 0.381. The van der Waals surface area contributed by atoms with Crippen LogP contribution >= 0.6 is 0 Å². The van der Waals surface area contributed by atoms with E-state index in [1.54, 1.807) is 0 Å². The molecule has 1 N–H and O–H groups in total. The largest absolute Gasteiger partial charge is 0.486 e. The van der Waals surface area contributed by atoms with E-state index in [2.05, 4.69) is 10.2 Å². The highest BCUT2D eigenvalue weighted by atomic mass is 19.4. The van der Waals surface area contributed by atoms with Crippen LogP contribution in [0.1, 0.15) is 30.0 Å². The summed E-state index contributed by atoms with van der Waals surface area (Å²) in [5.41, 5.74) is 0.667. The molecule has 0 unspecified atom stereocenters. The Morgan fingerprint density at radius 3 is 2.52 bits per heavy atom. The highest BCUT2D eigenvalue weighted by Crippen LogP contribution is 2.38. The van der Waals surface area contributed by atoms with Crippen LogP contribution in [-0.4, -0.2) is 37.1 Å². The van der Waals surface area contributed by atoms with Crippen molar-refractivity contribution in [3.8, 4) is 11.5 Å². The summed E-state index contributed by atoms with van der Waals surface area (Å²) in [4.78, 5) is 14.5. The van der Waals surface area contributed by atoms with E-state index in [1.807, 2.05) is 18.2 Å². The summed E-state index contributed by atoms with van der Waals surface area (Å²) < 4.78 is 49.2. The van der Waals surface area contributed by atoms with Crippen molar-refractivity contribution in [2.45, 2.75) is 25.1 Å². The number of alkyl halides is 3. The Hall–Kier alpha value is -2.74. The van der Waals surface area contributed by atoms with Crippen LogP contribution in [0.25, 0.3) is 0 Å². The van der Waals surface area contributed by atoms with Gasteiger partial charge in [-0.15, -0.1) is 0 Å². The molecular weight excluding hydrogens is 385 g/mol. The maximum absolute atomic E-state index is 12.7. The van der Waals surface area contributed by atoms with Gasteiger partial charge in [-0.2, -0.15) is 13.2 Å². The molecule has 0 saturated carbocycles. The third kappa shape index (κ3) is 4.48. The predicted molar refractivity (Wildman–Crippen MR) is 101 cm³/mol. The van der Waals surface area contributed by atoms with Gasteiger partial charge < -0.3 is 14.8 Å². The number of nitrogens with zero attached hydrogens (tertiary/aromatic N) is 1. The first-order valence-corrected chi connectivity index (χ1v) is 9.51. The molecule has 154 valence electrons. The summed E-state index contributed by atoms with van der Waals surface area (Å²) in [7, 11) is 0. The number of carbonyl (C=O) groups is 1. The van der Waals surface area contributed by atoms with Crippen LogP contribution in [0.15, 0.2) is 42.5 Å². The molecular formula is C21H21F3N2O3. The first-order valence-electron chi connectivity index (χ1n) is 9.51. The van der Waals surface area contributed by atoms with Crippen LogP contribution in [0, 0.1) is 0 Å². The number of carbonyl (C=O) groups excluding carboxylic acids is 1. The number of anilines is 1. The molecule has 2 aromatic rings. The van der Waals surface area contributed by atoms with Gasteiger partial charge in [-0.05, 0) is 61.3 Å². The molecule has 0 aromatic heterocycles. The van der Waals surface area contributed by atoms with Crippen molar-refractivity contribution < 1.29 is 27.4 Å². The average Bonchev–Trinajstić information content (AvgIpc) is 3.15. The van der Waals surface area contributed by atoms with Gasteiger partial charge in [0, 0.05) is 11.7 Å². The number of rotatable bonds is 4. The van der Waals surface area contributed by atoms with Crippen LogP contribution in [0.4, 0.5) is 18.9 Å². The number of benzene rings is 2. The molecule has 1 atom stereocenters. The van der Waals surface area contributed by atoms with Gasteiger partial charge in [-0.1, -0.05) is 6.07 Å². The van der Waals surface area contributed by atoms with Crippen molar-refractivity contribution in [1.29, 1.82) is 0 Å². The summed E-state index contributed by atoms with van der Waals surface area (Å²) in [6, 6.07) is 10.4. The zero-order valence-corrected chi connectivity index (χ0v) is 15.7. The van der Waals surface area contributed by atoms with Gasteiger partial charge in [-0.3, -0.25) is 9.69 Å². The summed E-state index contributed by atoms with van der Waals surface area (Å²) >= 11 is 0. The monoisotopic (exact) mass is 406 g/mol. The standard InChI is InChI=1S/C21H21F3N2O3/c22-21(23,24)15-4-6-16(7-5-15)25-20(27)13-26-9-1-2-17(26)14-3-8-18-19(12-14)29-11-10-28-18/h3-8,12,17H,1-2,9-11,13H2,(H,25,27)/t17-/m1/s1. The lowest BCUT2D eigenvalue weighted by Crippen LogP contribution is -2.33. The molecule has 2 aromatic carbocycles. The van der Waals surface area contributed by atoms with E-state index < -0.39 is 11.7 Å². The SMILES string of the molecule is O=C(CN1CCC[C@@H]1c1ccc2c(c1)OCCO2)Nc1ccc(C(F)(F)F)cc1. The molecule has 0 spiro atoms. The molecule has 0 bridgehead atoms. The van der Waals surface area contributed by atoms with E-state index in [0.717, 1.165) is 48.6 Å². The van der Waals surface area contributed by atoms with Gasteiger partial charge in [0.1, 0.15) is 13.2 Å². The van der Waals surface area contributed by atoms with E-state index >= 15 is 0 Å². The second-order valence-electron chi connectivity index (χ2n) is 7.15. The predicted octanol–water partition coefficient (Wildman–Crippen LogP) is 4.25. The quantitative estimate of drug-likeness (QED) is 0.825. The van der Waals surface area contributed by atoms with Gasteiger partial charge in [0.25, 0.3) is 0 Å². The smallest absolute Gasteiger partial charge is 0.416 e. The van der Waals surface area contributed by atoms with Crippen LogP contribution in [-0.2, 0) is 11.0 Å². The Morgan fingerprint density at radius 1 is 1.07 bits per heavy atom. The first kappa shape index (κ1) is 19.6. The molecule has 29 heavy (non-hydrogen) atoms. The molecule has 2 aliphatic heterocycles. The molecule has 1 amide bonds. The second kappa shape index (κ2) is 7.94. The zero-order valence-electron chi connectivity index (χ0n) is 15.7. The first-order chi connectivity index (χ1) is 13.9. The van der Waals surface area contributed by atoms with E-state index in [9.17, 15) is 18.0 Å². The van der Waals surface area contributed by atoms with Crippen LogP contribution in [0.3, 0.4) is 0 Å². The van der Waals surface area contributed by atoms with Crippen LogP contribution in [0.5, 0.6) is 11.5 Å². The Bertz CT molecular complexity index is 884. The molecule has 5 nitrogen and oxygen atoms in total. The van der Waals surface area contributed by atoms with Crippen LogP contribution < -0.4 is 14.8 Å². The van der Waals surface area contributed by atoms with Gasteiger partial charge in [-0.25, -0.2) is 0 Å². The highest BCUT2D eigenvalue weighted by Gasteiger charge is 2.31. The van der Waals surface area contributed by atoms with E-state index in [1.165, 1.54) is 12.1 Å². The van der Waals surface area contributed by atoms with E-state index in [0.29, 0.717) is 18.9 Å². The maximum Gasteiger partial charge on any atom is 0.416 e. The average molecular weight is 406 g/mol. The number of hydrogen-bond acceptors (Lipinski definition) is 4. The third-order valence-corrected chi connectivity index (χ3v) is 5.16. The third-order valence-electron chi connectivity index (χ3n) is 5.16. The Labute approximate surface area is 166 Å². The Kier molecular flexibility index (Phi) is 5.36.